The van der Waals surface area contributed by atoms with Gasteiger partial charge in [-0.15, -0.1) is 0 Å². The van der Waals surface area contributed by atoms with Gasteiger partial charge in [0.15, 0.2) is 12.1 Å². The first-order valence-corrected chi connectivity index (χ1v) is 14.4. The van der Waals surface area contributed by atoms with Crippen LogP contribution < -0.4 is 10.1 Å². The van der Waals surface area contributed by atoms with Gasteiger partial charge in [0.2, 0.25) is 5.78 Å². The van der Waals surface area contributed by atoms with Gasteiger partial charge >= 0.3 is 0 Å². The molecule has 2 aromatic rings. The quantitative estimate of drug-likeness (QED) is 0.169. The van der Waals surface area contributed by atoms with E-state index in [1.54, 1.807) is 13.0 Å². The molecule has 7 atom stereocenters. The molecule has 2 aliphatic carbocycles. The van der Waals surface area contributed by atoms with Crippen LogP contribution in [0.25, 0.3) is 0 Å². The fourth-order valence-corrected chi connectivity index (χ4v) is 6.37. The Kier molecular flexibility index (Phi) is 8.36. The summed E-state index contributed by atoms with van der Waals surface area (Å²) in [6.45, 7) is 5.86. The zero-order chi connectivity index (χ0) is 30.5. The molecule has 11 heteroatoms. The van der Waals surface area contributed by atoms with Crippen molar-refractivity contribution in [2.45, 2.75) is 95.2 Å². The fourth-order valence-electron chi connectivity index (χ4n) is 6.37. The zero-order valence-electron chi connectivity index (χ0n) is 24.2. The summed E-state index contributed by atoms with van der Waals surface area (Å²) < 4.78 is 17.6. The van der Waals surface area contributed by atoms with Crippen molar-refractivity contribution in [3.8, 4) is 17.2 Å². The number of methoxy groups -OCH3 is 1. The van der Waals surface area contributed by atoms with Gasteiger partial charge in [-0.2, -0.15) is 0 Å². The van der Waals surface area contributed by atoms with Crippen molar-refractivity contribution in [2.75, 3.05) is 13.7 Å². The van der Waals surface area contributed by atoms with Crippen molar-refractivity contribution in [1.29, 1.82) is 0 Å². The molecule has 1 saturated heterocycles. The van der Waals surface area contributed by atoms with Gasteiger partial charge in [0.1, 0.15) is 17.2 Å². The number of benzene rings is 2. The Morgan fingerprint density at radius 3 is 2.52 bits per heavy atom. The molecule has 42 heavy (non-hydrogen) atoms. The summed E-state index contributed by atoms with van der Waals surface area (Å²) in [7, 11) is 1.36. The Hall–Kier alpha value is -3.06. The van der Waals surface area contributed by atoms with Crippen molar-refractivity contribution in [2.24, 2.45) is 0 Å². The van der Waals surface area contributed by atoms with E-state index in [0.717, 1.165) is 12.8 Å². The van der Waals surface area contributed by atoms with Crippen LogP contribution in [0.1, 0.15) is 95.5 Å². The number of aliphatic hydroxyl groups is 3. The Morgan fingerprint density at radius 2 is 1.86 bits per heavy atom. The Morgan fingerprint density at radius 1 is 1.14 bits per heavy atom. The highest BCUT2D eigenvalue weighted by Crippen LogP contribution is 2.53. The van der Waals surface area contributed by atoms with E-state index < -0.39 is 59.4 Å². The Bertz CT molecular complexity index is 1390. The topological polar surface area (TPSA) is 175 Å². The number of aromatic hydroxyl groups is 2. The number of unbranched alkanes of at least 4 members (excludes halogenated alkanes) is 1. The number of hydrogen-bond acceptors (Lipinski definition) is 11. The third-order valence-corrected chi connectivity index (χ3v) is 8.84. The molecule has 0 amide bonds. The SMILES string of the molecule is CCCCNC1CC(OC2CC(O)(C(C)O)Cc3c(O)c4c(c(O)c32)C(=O)c2c(OC)cccc2C4=O)OC(C)C1O. The minimum absolute atomic E-state index is 0.0000838. The molecule has 0 saturated carbocycles. The molecule has 7 unspecified atom stereocenters. The van der Waals surface area contributed by atoms with Crippen LogP contribution in [0, 0.1) is 0 Å². The highest BCUT2D eigenvalue weighted by Gasteiger charge is 2.49. The zero-order valence-corrected chi connectivity index (χ0v) is 24.2. The van der Waals surface area contributed by atoms with Crippen molar-refractivity contribution < 1.29 is 49.3 Å². The van der Waals surface area contributed by atoms with Gasteiger partial charge in [-0.3, -0.25) is 9.59 Å². The molecular weight excluding hydrogens is 546 g/mol. The smallest absolute Gasteiger partial charge is 0.202 e. The maximum absolute atomic E-state index is 13.8. The Balaban J connectivity index is 1.60. The van der Waals surface area contributed by atoms with E-state index >= 15 is 0 Å². The molecular formula is C31H39NO10. The third-order valence-electron chi connectivity index (χ3n) is 8.84. The minimum atomic E-state index is -1.79. The lowest BCUT2D eigenvalue weighted by Crippen LogP contribution is -2.54. The molecule has 0 spiro atoms. The number of phenols is 2. The van der Waals surface area contributed by atoms with Crippen molar-refractivity contribution in [1.82, 2.24) is 5.32 Å². The number of nitrogens with one attached hydrogen (secondary N) is 1. The second kappa shape index (κ2) is 11.6. The summed E-state index contributed by atoms with van der Waals surface area (Å²) >= 11 is 0. The molecule has 6 N–H and O–H groups in total. The maximum atomic E-state index is 13.8. The van der Waals surface area contributed by atoms with Crippen LogP contribution in [0.5, 0.6) is 17.2 Å². The van der Waals surface area contributed by atoms with Crippen LogP contribution >= 0.6 is 0 Å². The highest BCUT2D eigenvalue weighted by molar-refractivity contribution is 6.31. The van der Waals surface area contributed by atoms with E-state index in [0.29, 0.717) is 6.54 Å². The van der Waals surface area contributed by atoms with E-state index in [1.165, 1.54) is 26.2 Å². The maximum Gasteiger partial charge on any atom is 0.202 e. The van der Waals surface area contributed by atoms with E-state index in [9.17, 15) is 35.1 Å². The molecule has 1 heterocycles. The first-order chi connectivity index (χ1) is 19.9. The summed E-state index contributed by atoms with van der Waals surface area (Å²) in [5.41, 5.74) is -2.53. The predicted octanol–water partition coefficient (Wildman–Crippen LogP) is 2.25. The van der Waals surface area contributed by atoms with Gasteiger partial charge in [0.05, 0.1) is 53.8 Å². The van der Waals surface area contributed by atoms with Crippen LogP contribution in [-0.4, -0.2) is 87.0 Å². The summed E-state index contributed by atoms with van der Waals surface area (Å²) in [4.78, 5) is 27.4. The molecule has 0 aromatic heterocycles. The van der Waals surface area contributed by atoms with Crippen molar-refractivity contribution in [3.63, 3.8) is 0 Å². The molecule has 0 radical (unpaired) electrons. The van der Waals surface area contributed by atoms with Crippen LogP contribution in [0.2, 0.25) is 0 Å². The largest absolute Gasteiger partial charge is 0.507 e. The summed E-state index contributed by atoms with van der Waals surface area (Å²) in [5.74, 6) is -2.35. The molecule has 2 aromatic carbocycles. The van der Waals surface area contributed by atoms with E-state index in [-0.39, 0.29) is 64.4 Å². The molecule has 0 bridgehead atoms. The average Bonchev–Trinajstić information content (AvgIpc) is 2.95. The first kappa shape index (κ1) is 30.4. The summed E-state index contributed by atoms with van der Waals surface area (Å²) in [6.07, 6.45) is -3.07. The Labute approximate surface area is 244 Å². The van der Waals surface area contributed by atoms with Gasteiger partial charge in [-0.05, 0) is 32.9 Å². The van der Waals surface area contributed by atoms with Crippen LogP contribution in [0.15, 0.2) is 18.2 Å². The lowest BCUT2D eigenvalue weighted by molar-refractivity contribution is -0.253. The summed E-state index contributed by atoms with van der Waals surface area (Å²) in [5, 5.41) is 59.2. The number of aliphatic hydroxyl groups excluding tert-OH is 2. The number of phenolic OH excluding ortho intramolecular Hbond substituents is 2. The molecule has 11 nitrogen and oxygen atoms in total. The number of ketones is 2. The number of ether oxygens (including phenoxy) is 3. The second-order valence-electron chi connectivity index (χ2n) is 11.6. The van der Waals surface area contributed by atoms with E-state index in [4.69, 9.17) is 14.2 Å². The van der Waals surface area contributed by atoms with Gasteiger partial charge in [0.25, 0.3) is 0 Å². The number of rotatable bonds is 8. The lowest BCUT2D eigenvalue weighted by atomic mass is 9.71. The predicted molar refractivity (Wildman–Crippen MR) is 150 cm³/mol. The van der Waals surface area contributed by atoms with Crippen molar-refractivity contribution in [3.05, 3.63) is 51.6 Å². The van der Waals surface area contributed by atoms with Crippen LogP contribution in [0.3, 0.4) is 0 Å². The number of carbonyl (C=O) groups excluding carboxylic acids is 2. The molecule has 3 aliphatic rings. The van der Waals surface area contributed by atoms with Crippen LogP contribution in [-0.2, 0) is 15.9 Å². The van der Waals surface area contributed by atoms with Gasteiger partial charge in [-0.1, -0.05) is 25.5 Å². The minimum Gasteiger partial charge on any atom is -0.507 e. The third kappa shape index (κ3) is 4.97. The van der Waals surface area contributed by atoms with Gasteiger partial charge in [0, 0.05) is 42.0 Å². The molecule has 1 fully saturated rings. The number of fused-ring (bicyclic) bond motifs is 3. The average molecular weight is 586 g/mol. The van der Waals surface area contributed by atoms with Gasteiger partial charge in [-0.25, -0.2) is 0 Å². The molecule has 5 rings (SSSR count). The standard InChI is InChI=1S/C31H39NO10/c1-5-6-10-32-18-11-21(41-14(2)26(18)34)42-20-13-31(39,15(3)33)12-17-23(20)30(38)25-24(28(17)36)27(35)16-8-7-9-19(40-4)22(16)29(25)37/h7-9,14-15,18,20-21,26,32-34,36,38-39H,5-6,10-13H2,1-4H3. The second-order valence-corrected chi connectivity index (χ2v) is 11.6. The molecule has 1 aliphatic heterocycles. The lowest BCUT2D eigenvalue weighted by Gasteiger charge is -2.44. The van der Waals surface area contributed by atoms with Crippen molar-refractivity contribution >= 4 is 11.6 Å². The van der Waals surface area contributed by atoms with Gasteiger partial charge < -0.3 is 45.1 Å². The number of hydrogen-bond donors (Lipinski definition) is 6. The van der Waals surface area contributed by atoms with Crippen LogP contribution in [0.4, 0.5) is 0 Å². The van der Waals surface area contributed by atoms with E-state index in [1.807, 2.05) is 0 Å². The fraction of sp³-hybridized carbons (Fsp3) is 0.548. The number of carbonyl (C=O) groups is 2. The highest BCUT2D eigenvalue weighted by atomic mass is 16.7. The normalized spacial score (nSPS) is 29.5. The first-order valence-electron chi connectivity index (χ1n) is 14.4. The summed E-state index contributed by atoms with van der Waals surface area (Å²) in [6, 6.07) is 4.17. The molecule has 228 valence electrons. The monoisotopic (exact) mass is 585 g/mol. The van der Waals surface area contributed by atoms with E-state index in [2.05, 4.69) is 12.2 Å².